The van der Waals surface area contributed by atoms with Crippen LogP contribution in [0.1, 0.15) is 40.8 Å². The minimum Gasteiger partial charge on any atom is -0.407 e. The van der Waals surface area contributed by atoms with Crippen molar-refractivity contribution in [1.29, 1.82) is 0 Å². The number of nitrogens with zero attached hydrogens (tertiary/aromatic N) is 3. The molecule has 3 heterocycles. The number of imidazole rings is 1. The van der Waals surface area contributed by atoms with E-state index in [1.807, 2.05) is 33.9 Å². The quantitative estimate of drug-likeness (QED) is 0.237. The van der Waals surface area contributed by atoms with Crippen molar-refractivity contribution in [2.45, 2.75) is 77.3 Å². The minimum absolute atomic E-state index is 0. The highest BCUT2D eigenvalue weighted by atomic mass is 31.1. The van der Waals surface area contributed by atoms with Crippen molar-refractivity contribution in [3.8, 4) is 0 Å². The smallest absolute Gasteiger partial charge is 0.317 e. The van der Waals surface area contributed by atoms with Gasteiger partial charge in [0.1, 0.15) is 18.3 Å². The molecule has 1 aliphatic heterocycles. The van der Waals surface area contributed by atoms with E-state index in [2.05, 4.69) is 20.3 Å². The topological polar surface area (TPSA) is 213 Å². The van der Waals surface area contributed by atoms with Crippen LogP contribution in [-0.2, 0) is 23.0 Å². The third kappa shape index (κ3) is 6.11. The molecule has 1 unspecified atom stereocenters. The van der Waals surface area contributed by atoms with E-state index < -0.39 is 53.3 Å². The van der Waals surface area contributed by atoms with Gasteiger partial charge in [0.15, 0.2) is 25.7 Å². The van der Waals surface area contributed by atoms with Crippen molar-refractivity contribution in [1.82, 2.24) is 25.7 Å². The van der Waals surface area contributed by atoms with Crippen LogP contribution in [0.25, 0.3) is 11.2 Å². The van der Waals surface area contributed by atoms with Gasteiger partial charge in [-0.3, -0.25) is 29.0 Å². The molecule has 3 rings (SSSR count). The summed E-state index contributed by atoms with van der Waals surface area (Å²) in [6, 6.07) is 0. The van der Waals surface area contributed by atoms with Gasteiger partial charge >= 0.3 is 8.25 Å². The Morgan fingerprint density at radius 1 is 1.36 bits per heavy atom. The number of aliphatic hydroxyl groups excluding tert-OH is 1. The van der Waals surface area contributed by atoms with Crippen LogP contribution in [0.5, 0.6) is 0 Å². The second-order valence-electron chi connectivity index (χ2n) is 10.3. The zero-order valence-electron chi connectivity index (χ0n) is 21.6. The third-order valence-electron chi connectivity index (χ3n) is 6.41. The lowest BCUT2D eigenvalue weighted by Crippen LogP contribution is -2.49. The molecule has 14 nitrogen and oxygen atoms in total. The van der Waals surface area contributed by atoms with Gasteiger partial charge in [0.2, 0.25) is 11.9 Å². The molecule has 0 aromatic carbocycles. The maximum atomic E-state index is 12.6. The first-order chi connectivity index (χ1) is 16.2. The maximum Gasteiger partial charge on any atom is 0.317 e. The summed E-state index contributed by atoms with van der Waals surface area (Å²) < 4.78 is 31.0. The molecule has 204 valence electrons. The maximum absolute atomic E-state index is 12.6. The predicted octanol–water partition coefficient (Wildman–Crippen LogP) is 1.92. The number of hydrogen-bond acceptors (Lipinski definition) is 10. The molecule has 5 atom stereocenters. The summed E-state index contributed by atoms with van der Waals surface area (Å²) >= 11 is 0. The van der Waals surface area contributed by atoms with Crippen LogP contribution in [-0.4, -0.2) is 68.7 Å². The minimum atomic E-state index is -3.40. The van der Waals surface area contributed by atoms with Crippen LogP contribution in [0.4, 0.5) is 5.95 Å². The highest BCUT2D eigenvalue weighted by Gasteiger charge is 2.52. The van der Waals surface area contributed by atoms with E-state index in [1.54, 1.807) is 13.8 Å². The first-order valence-electron chi connectivity index (χ1n) is 11.3. The Morgan fingerprint density at radius 2 is 2.00 bits per heavy atom. The molecule has 0 aliphatic carbocycles. The van der Waals surface area contributed by atoms with Crippen LogP contribution in [0.2, 0.25) is 18.1 Å². The number of amides is 1. The van der Waals surface area contributed by atoms with E-state index in [1.165, 1.54) is 10.9 Å². The Morgan fingerprint density at radius 3 is 2.53 bits per heavy atom. The van der Waals surface area contributed by atoms with Gasteiger partial charge in [-0.1, -0.05) is 34.6 Å². The molecular weight excluding hydrogens is 511 g/mol. The van der Waals surface area contributed by atoms with Crippen molar-refractivity contribution in [3.05, 3.63) is 16.7 Å². The molecule has 1 fully saturated rings. The molecule has 1 aliphatic rings. The van der Waals surface area contributed by atoms with Gasteiger partial charge in [-0.25, -0.2) is 4.98 Å². The molecule has 1 saturated heterocycles. The second kappa shape index (κ2) is 11.2. The first-order valence-corrected chi connectivity index (χ1v) is 15.4. The van der Waals surface area contributed by atoms with E-state index >= 15 is 0 Å². The zero-order chi connectivity index (χ0) is 26.3. The number of aromatic nitrogens is 4. The second-order valence-corrected chi connectivity index (χ2v) is 15.8. The molecule has 2 aromatic heterocycles. The fourth-order valence-electron chi connectivity index (χ4n) is 3.41. The molecule has 0 radical (unpaired) electrons. The number of aliphatic hydroxyl groups is 1. The molecular formula is C20H37N6O8PSi. The molecule has 1 amide bonds. The molecule has 7 N–H and O–H groups in total. The standard InChI is InChI=1S/C20H34N5O8PSi.H3N/c1-10(2)16(27)23-19-22-15-12(17(28)24-19)21-9-25(15)18-14(33-35(6,7)20(3,4)5)13(32-34(29)30)11(8-26)31-18;/h9-11,13-14,18,26,34H,8H2,1-7H3,(H,29,30)(H2,22,23,24,27,28);1H3/t11-,13-,14-,18-;/m1./s1. The van der Waals surface area contributed by atoms with Gasteiger partial charge in [-0.15, -0.1) is 0 Å². The van der Waals surface area contributed by atoms with Crippen LogP contribution in [0, 0.1) is 5.92 Å². The summed E-state index contributed by atoms with van der Waals surface area (Å²) in [4.78, 5) is 45.3. The first kappa shape index (κ1) is 30.3. The monoisotopic (exact) mass is 548 g/mol. The average molecular weight is 549 g/mol. The van der Waals surface area contributed by atoms with Gasteiger partial charge in [-0.05, 0) is 18.1 Å². The molecule has 0 spiro atoms. The zero-order valence-corrected chi connectivity index (χ0v) is 23.6. The molecule has 0 saturated carbocycles. The highest BCUT2D eigenvalue weighted by molar-refractivity contribution is 7.32. The van der Waals surface area contributed by atoms with Crippen LogP contribution in [0.3, 0.4) is 0 Å². The number of aromatic amines is 1. The largest absolute Gasteiger partial charge is 0.407 e. The van der Waals surface area contributed by atoms with Crippen molar-refractivity contribution >= 4 is 39.6 Å². The number of nitrogens with one attached hydrogen (secondary N) is 2. The number of fused-ring (bicyclic) bond motifs is 1. The van der Waals surface area contributed by atoms with Gasteiger partial charge in [0, 0.05) is 5.92 Å². The summed E-state index contributed by atoms with van der Waals surface area (Å²) in [5, 5.41) is 12.3. The van der Waals surface area contributed by atoms with Crippen molar-refractivity contribution < 1.29 is 33.0 Å². The van der Waals surface area contributed by atoms with Crippen LogP contribution < -0.4 is 17.0 Å². The normalized spacial score (nSPS) is 23.6. The number of ether oxygens (including phenoxy) is 1. The lowest BCUT2D eigenvalue weighted by molar-refractivity contribution is -0.118. The number of rotatable bonds is 8. The fraction of sp³-hybridized carbons (Fsp3) is 0.700. The summed E-state index contributed by atoms with van der Waals surface area (Å²) in [7, 11) is -5.88. The number of anilines is 1. The van der Waals surface area contributed by atoms with Gasteiger partial charge < -0.3 is 29.8 Å². The highest BCUT2D eigenvalue weighted by Crippen LogP contribution is 2.44. The van der Waals surface area contributed by atoms with E-state index in [0.29, 0.717) is 0 Å². The SMILES string of the molecule is CC(C)C(=O)Nc1nc2c(ncn2[C@@H]2O[C@H](CO)[C@@H](O[PH](=O)O)[C@H]2O[Si](C)(C)C(C)(C)C)c(=O)[nH]1.N. The van der Waals surface area contributed by atoms with Gasteiger partial charge in [-0.2, -0.15) is 4.98 Å². The van der Waals surface area contributed by atoms with E-state index in [0.717, 1.165) is 0 Å². The molecule has 36 heavy (non-hydrogen) atoms. The number of hydrogen-bond donors (Lipinski definition) is 5. The van der Waals surface area contributed by atoms with E-state index in [-0.39, 0.29) is 40.1 Å². The van der Waals surface area contributed by atoms with Crippen molar-refractivity contribution in [3.63, 3.8) is 0 Å². The molecule has 2 aromatic rings. The fourth-order valence-corrected chi connectivity index (χ4v) is 5.22. The summed E-state index contributed by atoms with van der Waals surface area (Å²) in [5.41, 5.74) is -0.460. The molecule has 0 bridgehead atoms. The number of carbonyl (C=O) groups excluding carboxylic acids is 1. The number of carbonyl (C=O) groups is 1. The Kier molecular flexibility index (Phi) is 9.40. The van der Waals surface area contributed by atoms with Crippen molar-refractivity contribution in [2.75, 3.05) is 11.9 Å². The summed E-state index contributed by atoms with van der Waals surface area (Å²) in [6.45, 7) is 13.0. The Labute approximate surface area is 210 Å². The Hall–Kier alpha value is -1.97. The van der Waals surface area contributed by atoms with Gasteiger partial charge in [0.25, 0.3) is 5.56 Å². The van der Waals surface area contributed by atoms with Crippen LogP contribution in [0.15, 0.2) is 11.1 Å². The van der Waals surface area contributed by atoms with Crippen LogP contribution >= 0.6 is 8.25 Å². The summed E-state index contributed by atoms with van der Waals surface area (Å²) in [5.74, 6) is -0.738. The van der Waals surface area contributed by atoms with Crippen molar-refractivity contribution in [2.24, 2.45) is 5.92 Å². The lowest BCUT2D eigenvalue weighted by Gasteiger charge is -2.40. The third-order valence-corrected chi connectivity index (χ3v) is 11.4. The Balaban J connectivity index is 0.00000456. The lowest BCUT2D eigenvalue weighted by atomic mass is 10.1. The number of H-pyrrole nitrogens is 1. The molecule has 16 heteroatoms. The Bertz CT molecular complexity index is 1160. The van der Waals surface area contributed by atoms with Gasteiger partial charge in [0.05, 0.1) is 12.9 Å². The summed E-state index contributed by atoms with van der Waals surface area (Å²) in [6.07, 6.45) is -2.60. The van der Waals surface area contributed by atoms with E-state index in [4.69, 9.17) is 13.7 Å². The predicted molar refractivity (Wildman–Crippen MR) is 136 cm³/mol. The average Bonchev–Trinajstić information content (AvgIpc) is 3.28. The van der Waals surface area contributed by atoms with E-state index in [9.17, 15) is 24.2 Å².